The van der Waals surface area contributed by atoms with Crippen LogP contribution in [0, 0.1) is 0 Å². The molecule has 2 aliphatic rings. The highest BCUT2D eigenvalue weighted by Crippen LogP contribution is 2.55. The fraction of sp³-hybridized carbons (Fsp3) is 0. The largest absolute Gasteiger partial charge is 0.309 e. The Morgan fingerprint density at radius 1 is 0.280 bits per heavy atom. The van der Waals surface area contributed by atoms with Gasteiger partial charge in [-0.1, -0.05) is 127 Å². The number of hydrogen-bond acceptors (Lipinski definition) is 0. The zero-order chi connectivity index (χ0) is 32.5. The maximum Gasteiger partial charge on any atom is 0.0548 e. The maximum atomic E-state index is 2.51. The van der Waals surface area contributed by atoms with Gasteiger partial charge < -0.3 is 9.13 Å². The van der Waals surface area contributed by atoms with Gasteiger partial charge in [-0.2, -0.15) is 0 Å². The van der Waals surface area contributed by atoms with Crippen molar-refractivity contribution in [1.29, 1.82) is 0 Å². The second-order valence-corrected chi connectivity index (χ2v) is 13.6. The molecule has 0 unspecified atom stereocenters. The van der Waals surface area contributed by atoms with Gasteiger partial charge in [0.15, 0.2) is 0 Å². The molecule has 2 aromatic heterocycles. The molecular formula is C48H28N2. The molecule has 0 spiro atoms. The summed E-state index contributed by atoms with van der Waals surface area (Å²) in [5.74, 6) is 0. The molecule has 2 heteroatoms. The molecule has 0 fully saturated rings. The molecule has 2 aliphatic carbocycles. The second-order valence-electron chi connectivity index (χ2n) is 13.6. The van der Waals surface area contributed by atoms with Gasteiger partial charge in [-0.05, 0) is 91.5 Å². The van der Waals surface area contributed by atoms with E-state index >= 15 is 0 Å². The first kappa shape index (κ1) is 26.3. The standard InChI is InChI=1S/C48H28N2/c1-2-12-29(13-3-1)43-38-21-10-14-30-24-26-41-47(44(30)38)48-42(27-25-37-33-17-4-5-20-36(33)45(43)46(37)48)50(41)32-16-11-15-31(28-32)49-39-22-8-6-18-34(39)35-19-7-9-23-40(35)49/h1-28H. The van der Waals surface area contributed by atoms with E-state index in [2.05, 4.69) is 179 Å². The molecule has 12 rings (SSSR count). The van der Waals surface area contributed by atoms with Crippen LogP contribution in [0.2, 0.25) is 0 Å². The summed E-state index contributed by atoms with van der Waals surface area (Å²) in [6.45, 7) is 0. The Balaban J connectivity index is 1.26. The van der Waals surface area contributed by atoms with Gasteiger partial charge in [0.1, 0.15) is 0 Å². The summed E-state index contributed by atoms with van der Waals surface area (Å²) in [7, 11) is 0. The fourth-order valence-electron chi connectivity index (χ4n) is 9.28. The molecule has 0 amide bonds. The molecule has 0 atom stereocenters. The predicted octanol–water partition coefficient (Wildman–Crippen LogP) is 13.0. The first-order valence-corrected chi connectivity index (χ1v) is 17.4. The van der Waals surface area contributed by atoms with E-state index in [0.29, 0.717) is 0 Å². The van der Waals surface area contributed by atoms with Crippen LogP contribution in [0.15, 0.2) is 170 Å². The van der Waals surface area contributed by atoms with Crippen LogP contribution in [-0.2, 0) is 0 Å². The molecule has 0 bridgehead atoms. The van der Waals surface area contributed by atoms with E-state index in [0.717, 1.165) is 11.4 Å². The summed E-state index contributed by atoms with van der Waals surface area (Å²) < 4.78 is 4.92. The van der Waals surface area contributed by atoms with Crippen molar-refractivity contribution in [3.8, 4) is 33.6 Å². The molecule has 230 valence electrons. The van der Waals surface area contributed by atoms with Crippen LogP contribution in [0.1, 0.15) is 0 Å². The molecule has 0 saturated carbocycles. The minimum Gasteiger partial charge on any atom is -0.309 e. The number of fused-ring (bicyclic) bond motifs is 6. The number of benzene rings is 8. The first-order valence-electron chi connectivity index (χ1n) is 17.4. The summed E-state index contributed by atoms with van der Waals surface area (Å²) in [6, 6.07) is 62.8. The number of para-hydroxylation sites is 2. The van der Waals surface area contributed by atoms with Gasteiger partial charge in [0, 0.05) is 38.5 Å². The third-order valence-corrected chi connectivity index (χ3v) is 11.2. The van der Waals surface area contributed by atoms with Gasteiger partial charge >= 0.3 is 0 Å². The molecule has 0 aliphatic heterocycles. The van der Waals surface area contributed by atoms with E-state index in [9.17, 15) is 0 Å². The molecule has 10 aromatic rings. The van der Waals surface area contributed by atoms with Gasteiger partial charge in [-0.15, -0.1) is 0 Å². The molecule has 2 heterocycles. The van der Waals surface area contributed by atoms with Crippen LogP contribution in [0.3, 0.4) is 0 Å². The molecule has 0 saturated heterocycles. The second kappa shape index (κ2) is 9.49. The zero-order valence-corrected chi connectivity index (χ0v) is 27.1. The average molecular weight is 633 g/mol. The van der Waals surface area contributed by atoms with Gasteiger partial charge in [0.2, 0.25) is 0 Å². The fourth-order valence-corrected chi connectivity index (χ4v) is 9.28. The van der Waals surface area contributed by atoms with E-state index in [-0.39, 0.29) is 0 Å². The average Bonchev–Trinajstić information content (AvgIpc) is 3.78. The molecule has 0 radical (unpaired) electrons. The van der Waals surface area contributed by atoms with Crippen molar-refractivity contribution < 1.29 is 0 Å². The predicted molar refractivity (Wildman–Crippen MR) is 212 cm³/mol. The number of aromatic nitrogens is 2. The van der Waals surface area contributed by atoms with Crippen LogP contribution >= 0.6 is 0 Å². The number of hydrogen-bond donors (Lipinski definition) is 0. The lowest BCUT2D eigenvalue weighted by Gasteiger charge is -2.14. The minimum atomic E-state index is 1.16. The van der Waals surface area contributed by atoms with Crippen molar-refractivity contribution in [2.75, 3.05) is 0 Å². The highest BCUT2D eigenvalue weighted by molar-refractivity contribution is 6.39. The minimum absolute atomic E-state index is 1.16. The summed E-state index contributed by atoms with van der Waals surface area (Å²) in [5.41, 5.74) is 12.5. The Labute approximate surface area is 287 Å². The first-order chi connectivity index (χ1) is 24.8. The SMILES string of the molecule is c1ccc(-c2c3c4ccccc4c4ccc5c(c4-3)c3c4c(cccc24)ccc3n5-c2cccc(-n3c4ccccc4c4ccccc43)c2)cc1. The quantitative estimate of drug-likeness (QED) is 0.183. The molecule has 8 aromatic carbocycles. The van der Waals surface area contributed by atoms with Crippen molar-refractivity contribution in [3.05, 3.63) is 170 Å². The van der Waals surface area contributed by atoms with Crippen LogP contribution in [0.4, 0.5) is 0 Å². The van der Waals surface area contributed by atoms with Crippen LogP contribution in [0.5, 0.6) is 0 Å². The lowest BCUT2D eigenvalue weighted by Crippen LogP contribution is -1.98. The zero-order valence-electron chi connectivity index (χ0n) is 27.1. The lowest BCUT2D eigenvalue weighted by molar-refractivity contribution is 1.13. The number of nitrogens with zero attached hydrogens (tertiary/aromatic N) is 2. The highest BCUT2D eigenvalue weighted by Gasteiger charge is 2.29. The lowest BCUT2D eigenvalue weighted by atomic mass is 9.92. The summed E-state index contributed by atoms with van der Waals surface area (Å²) in [4.78, 5) is 0. The van der Waals surface area contributed by atoms with Gasteiger partial charge in [-0.25, -0.2) is 0 Å². The van der Waals surface area contributed by atoms with Crippen molar-refractivity contribution in [1.82, 2.24) is 9.13 Å². The molecule has 50 heavy (non-hydrogen) atoms. The Bertz CT molecular complexity index is 3200. The molecule has 0 N–H and O–H groups in total. The van der Waals surface area contributed by atoms with Crippen molar-refractivity contribution in [3.63, 3.8) is 0 Å². The van der Waals surface area contributed by atoms with Crippen LogP contribution in [-0.4, -0.2) is 9.13 Å². The topological polar surface area (TPSA) is 9.86 Å². The Morgan fingerprint density at radius 2 is 0.840 bits per heavy atom. The monoisotopic (exact) mass is 632 g/mol. The Hall–Kier alpha value is -6.64. The normalized spacial score (nSPS) is 12.4. The van der Waals surface area contributed by atoms with Crippen molar-refractivity contribution >= 4 is 75.9 Å². The van der Waals surface area contributed by atoms with E-state index < -0.39 is 0 Å². The summed E-state index contributed by atoms with van der Waals surface area (Å²) >= 11 is 0. The van der Waals surface area contributed by atoms with Crippen molar-refractivity contribution in [2.24, 2.45) is 0 Å². The molecule has 2 nitrogen and oxygen atoms in total. The van der Waals surface area contributed by atoms with E-state index in [1.54, 1.807) is 0 Å². The van der Waals surface area contributed by atoms with Gasteiger partial charge in [-0.3, -0.25) is 0 Å². The van der Waals surface area contributed by atoms with Gasteiger partial charge in [0.05, 0.1) is 22.1 Å². The smallest absolute Gasteiger partial charge is 0.0548 e. The Kier molecular flexibility index (Phi) is 5.00. The number of rotatable bonds is 3. The third kappa shape index (κ3) is 3.23. The van der Waals surface area contributed by atoms with E-state index in [1.807, 2.05) is 0 Å². The Morgan fingerprint density at radius 3 is 1.60 bits per heavy atom. The van der Waals surface area contributed by atoms with Crippen LogP contribution < -0.4 is 0 Å². The van der Waals surface area contributed by atoms with E-state index in [4.69, 9.17) is 0 Å². The third-order valence-electron chi connectivity index (χ3n) is 11.2. The van der Waals surface area contributed by atoms with Gasteiger partial charge in [0.25, 0.3) is 0 Å². The van der Waals surface area contributed by atoms with Crippen LogP contribution in [0.25, 0.3) is 110 Å². The maximum absolute atomic E-state index is 2.51. The highest BCUT2D eigenvalue weighted by atomic mass is 15.0. The molecular weight excluding hydrogens is 605 g/mol. The van der Waals surface area contributed by atoms with Crippen molar-refractivity contribution in [2.45, 2.75) is 0 Å². The summed E-state index contributed by atoms with van der Waals surface area (Å²) in [6.07, 6.45) is 0. The van der Waals surface area contributed by atoms with E-state index in [1.165, 1.54) is 98.2 Å². The summed E-state index contributed by atoms with van der Waals surface area (Å²) in [5, 5.41) is 13.1.